The Labute approximate surface area is 73.1 Å². The van der Waals surface area contributed by atoms with Gasteiger partial charge in [-0.05, 0) is 44.0 Å². The molecule has 64 valence electrons. The van der Waals surface area contributed by atoms with Crippen LogP contribution in [0.1, 0.15) is 18.1 Å². The normalized spacial score (nSPS) is 11.8. The maximum atomic E-state index is 5.47. The number of hydrogen-bond donors (Lipinski definition) is 1. The zero-order chi connectivity index (χ0) is 9.14. The fourth-order valence-corrected chi connectivity index (χ4v) is 1.22. The highest BCUT2D eigenvalue weighted by Crippen LogP contribution is 2.16. The third-order valence-electron chi connectivity index (χ3n) is 1.51. The highest BCUT2D eigenvalue weighted by Gasteiger charge is 1.92. The van der Waals surface area contributed by atoms with Crippen molar-refractivity contribution in [3.05, 3.63) is 29.3 Å². The van der Waals surface area contributed by atoms with Gasteiger partial charge in [-0.1, -0.05) is 6.07 Å². The summed E-state index contributed by atoms with van der Waals surface area (Å²) >= 11 is 0. The van der Waals surface area contributed by atoms with E-state index >= 15 is 0 Å². The van der Waals surface area contributed by atoms with Crippen molar-refractivity contribution in [2.45, 2.75) is 20.8 Å². The smallest absolute Gasteiger partial charge is 0.0964 e. The van der Waals surface area contributed by atoms with Gasteiger partial charge in [0.2, 0.25) is 0 Å². The van der Waals surface area contributed by atoms with E-state index in [1.54, 1.807) is 6.92 Å². The number of amidine groups is 1. The summed E-state index contributed by atoms with van der Waals surface area (Å²) in [5, 5.41) is 0. The van der Waals surface area contributed by atoms with E-state index in [4.69, 9.17) is 5.73 Å². The van der Waals surface area contributed by atoms with Gasteiger partial charge < -0.3 is 5.73 Å². The number of aliphatic imine (C=N–C) groups is 1. The van der Waals surface area contributed by atoms with Gasteiger partial charge in [0.1, 0.15) is 0 Å². The van der Waals surface area contributed by atoms with E-state index in [0.717, 1.165) is 5.69 Å². The molecule has 0 aliphatic heterocycles. The van der Waals surface area contributed by atoms with E-state index in [0.29, 0.717) is 5.84 Å². The number of rotatable bonds is 1. The average molecular weight is 162 g/mol. The van der Waals surface area contributed by atoms with E-state index in [9.17, 15) is 0 Å². The van der Waals surface area contributed by atoms with E-state index in [-0.39, 0.29) is 0 Å². The zero-order valence-corrected chi connectivity index (χ0v) is 7.76. The van der Waals surface area contributed by atoms with Crippen LogP contribution in [0.5, 0.6) is 0 Å². The molecule has 0 radical (unpaired) electrons. The van der Waals surface area contributed by atoms with Gasteiger partial charge in [-0.2, -0.15) is 0 Å². The fourth-order valence-electron chi connectivity index (χ4n) is 1.22. The first-order valence-electron chi connectivity index (χ1n) is 3.97. The second kappa shape index (κ2) is 3.39. The van der Waals surface area contributed by atoms with Crippen molar-refractivity contribution in [3.8, 4) is 0 Å². The highest BCUT2D eigenvalue weighted by atomic mass is 14.8. The van der Waals surface area contributed by atoms with Gasteiger partial charge in [0.25, 0.3) is 0 Å². The molecule has 0 bridgehead atoms. The minimum absolute atomic E-state index is 0.597. The summed E-state index contributed by atoms with van der Waals surface area (Å²) in [6, 6.07) is 6.15. The van der Waals surface area contributed by atoms with Crippen molar-refractivity contribution >= 4 is 11.5 Å². The molecule has 2 heteroatoms. The maximum Gasteiger partial charge on any atom is 0.0964 e. The van der Waals surface area contributed by atoms with Crippen LogP contribution in [0.15, 0.2) is 23.2 Å². The van der Waals surface area contributed by atoms with Gasteiger partial charge in [0.05, 0.1) is 11.5 Å². The second-order valence-corrected chi connectivity index (χ2v) is 3.10. The molecule has 0 spiro atoms. The van der Waals surface area contributed by atoms with Crippen molar-refractivity contribution < 1.29 is 0 Å². The van der Waals surface area contributed by atoms with Crippen LogP contribution in [-0.2, 0) is 0 Å². The summed E-state index contributed by atoms with van der Waals surface area (Å²) in [6.07, 6.45) is 0. The lowest BCUT2D eigenvalue weighted by Crippen LogP contribution is -2.03. The lowest BCUT2D eigenvalue weighted by atomic mass is 10.1. The Morgan fingerprint density at radius 2 is 1.67 bits per heavy atom. The topological polar surface area (TPSA) is 38.4 Å². The van der Waals surface area contributed by atoms with Crippen LogP contribution in [0.25, 0.3) is 0 Å². The molecule has 0 heterocycles. The molecule has 0 saturated heterocycles. The van der Waals surface area contributed by atoms with Crippen LogP contribution in [0.2, 0.25) is 0 Å². The molecule has 0 saturated carbocycles. The van der Waals surface area contributed by atoms with Crippen molar-refractivity contribution in [1.82, 2.24) is 0 Å². The molecule has 12 heavy (non-hydrogen) atoms. The Kier molecular flexibility index (Phi) is 2.48. The molecule has 0 atom stereocenters. The molecule has 0 unspecified atom stereocenters. The van der Waals surface area contributed by atoms with Crippen LogP contribution in [0, 0.1) is 13.8 Å². The molecule has 0 aromatic heterocycles. The summed E-state index contributed by atoms with van der Waals surface area (Å²) in [5.41, 5.74) is 8.85. The quantitative estimate of drug-likeness (QED) is 0.499. The first-order chi connectivity index (χ1) is 5.58. The van der Waals surface area contributed by atoms with Crippen LogP contribution in [0.4, 0.5) is 5.69 Å². The lowest BCUT2D eigenvalue weighted by Gasteiger charge is -1.99. The highest BCUT2D eigenvalue weighted by molar-refractivity contribution is 5.80. The Balaban J connectivity index is 3.09. The number of aryl methyl sites for hydroxylation is 2. The molecule has 0 amide bonds. The lowest BCUT2D eigenvalue weighted by molar-refractivity contribution is 1.35. The van der Waals surface area contributed by atoms with Gasteiger partial charge >= 0.3 is 0 Å². The third-order valence-corrected chi connectivity index (χ3v) is 1.51. The molecule has 1 aromatic rings. The Morgan fingerprint density at radius 3 is 2.08 bits per heavy atom. The summed E-state index contributed by atoms with van der Waals surface area (Å²) in [7, 11) is 0. The van der Waals surface area contributed by atoms with E-state index in [1.807, 2.05) is 12.1 Å². The summed E-state index contributed by atoms with van der Waals surface area (Å²) < 4.78 is 0. The van der Waals surface area contributed by atoms with E-state index < -0.39 is 0 Å². The summed E-state index contributed by atoms with van der Waals surface area (Å²) in [5.74, 6) is 0.597. The molecule has 2 N–H and O–H groups in total. The first-order valence-corrected chi connectivity index (χ1v) is 3.97. The number of nitrogens with zero attached hydrogens (tertiary/aromatic N) is 1. The molecule has 0 fully saturated rings. The number of nitrogens with two attached hydrogens (primary N) is 1. The average Bonchev–Trinajstić information content (AvgIpc) is 1.81. The summed E-state index contributed by atoms with van der Waals surface area (Å²) in [6.45, 7) is 5.90. The molecule has 0 aliphatic rings. The molecule has 2 nitrogen and oxygen atoms in total. The summed E-state index contributed by atoms with van der Waals surface area (Å²) in [4.78, 5) is 4.18. The molecule has 0 aliphatic carbocycles. The number of benzene rings is 1. The molecule has 1 rings (SSSR count). The predicted molar refractivity (Wildman–Crippen MR) is 52.9 cm³/mol. The largest absolute Gasteiger partial charge is 0.387 e. The van der Waals surface area contributed by atoms with Gasteiger partial charge in [0.15, 0.2) is 0 Å². The van der Waals surface area contributed by atoms with Gasteiger partial charge in [0, 0.05) is 0 Å². The Morgan fingerprint density at radius 1 is 1.17 bits per heavy atom. The molecular formula is C10H14N2. The maximum absolute atomic E-state index is 5.47. The fraction of sp³-hybridized carbons (Fsp3) is 0.300. The number of hydrogen-bond acceptors (Lipinski definition) is 1. The van der Waals surface area contributed by atoms with Crippen LogP contribution < -0.4 is 5.73 Å². The Bertz CT molecular complexity index is 289. The van der Waals surface area contributed by atoms with Crippen molar-refractivity contribution in [2.24, 2.45) is 10.7 Å². The third kappa shape index (κ3) is 2.38. The van der Waals surface area contributed by atoms with Crippen LogP contribution >= 0.6 is 0 Å². The monoisotopic (exact) mass is 162 g/mol. The minimum Gasteiger partial charge on any atom is -0.387 e. The van der Waals surface area contributed by atoms with E-state index in [1.165, 1.54) is 11.1 Å². The molecule has 1 aromatic carbocycles. The van der Waals surface area contributed by atoms with Gasteiger partial charge in [-0.15, -0.1) is 0 Å². The Hall–Kier alpha value is -1.31. The van der Waals surface area contributed by atoms with Crippen molar-refractivity contribution in [1.29, 1.82) is 0 Å². The van der Waals surface area contributed by atoms with Crippen LogP contribution in [0.3, 0.4) is 0 Å². The first kappa shape index (κ1) is 8.78. The zero-order valence-electron chi connectivity index (χ0n) is 7.76. The second-order valence-electron chi connectivity index (χ2n) is 3.10. The van der Waals surface area contributed by atoms with Crippen LogP contribution in [-0.4, -0.2) is 5.84 Å². The predicted octanol–water partition coefficient (Wildman–Crippen LogP) is 2.31. The SMILES string of the molecule is CC(N)=Nc1cc(C)cc(C)c1. The minimum atomic E-state index is 0.597. The van der Waals surface area contributed by atoms with Gasteiger partial charge in [-0.25, -0.2) is 4.99 Å². The van der Waals surface area contributed by atoms with E-state index in [2.05, 4.69) is 24.9 Å². The van der Waals surface area contributed by atoms with Crippen molar-refractivity contribution in [2.75, 3.05) is 0 Å². The van der Waals surface area contributed by atoms with Crippen molar-refractivity contribution in [3.63, 3.8) is 0 Å². The van der Waals surface area contributed by atoms with Gasteiger partial charge in [-0.3, -0.25) is 0 Å². The standard InChI is InChI=1S/C10H14N2/c1-7-4-8(2)6-10(5-7)12-9(3)11/h4-6H,1-3H3,(H2,11,12). The molecular weight excluding hydrogens is 148 g/mol.